The lowest BCUT2D eigenvalue weighted by molar-refractivity contribution is -0.606. The van der Waals surface area contributed by atoms with Crippen LogP contribution in [0.2, 0.25) is 0 Å². The molecule has 1 aliphatic rings. The Morgan fingerprint density at radius 2 is 1.83 bits per heavy atom. The highest BCUT2D eigenvalue weighted by atomic mass is 16.6. The van der Waals surface area contributed by atoms with Gasteiger partial charge in [0.15, 0.2) is 6.20 Å². The Balaban J connectivity index is 2.05. The smallest absolute Gasteiger partial charge is 0.355 e. The number of hydrogen-bond acceptors (Lipinski definition) is 6. The number of hydrogen-bond donors (Lipinski definition) is 0. The van der Waals surface area contributed by atoms with Crippen molar-refractivity contribution in [3.05, 3.63) is 49.0 Å². The lowest BCUT2D eigenvalue weighted by Crippen LogP contribution is -2.49. The third kappa shape index (κ3) is 2.53. The van der Waals surface area contributed by atoms with Crippen LogP contribution in [0, 0.1) is 22.0 Å². The van der Waals surface area contributed by atoms with Crippen LogP contribution in [-0.2, 0) is 0 Å². The second kappa shape index (κ2) is 5.70. The van der Waals surface area contributed by atoms with Gasteiger partial charge in [0.1, 0.15) is 5.69 Å². The van der Waals surface area contributed by atoms with Crippen molar-refractivity contribution < 1.29 is 14.6 Å². The normalized spacial score (nSPS) is 21.2. The largest absolute Gasteiger partial charge is 0.865 e. The van der Waals surface area contributed by atoms with Crippen molar-refractivity contribution in [3.63, 3.8) is 0 Å². The van der Waals surface area contributed by atoms with E-state index >= 15 is 0 Å². The van der Waals surface area contributed by atoms with E-state index in [1.54, 1.807) is 0 Å². The van der Waals surface area contributed by atoms with Crippen molar-refractivity contribution in [2.45, 2.75) is 20.3 Å². The third-order valence-corrected chi connectivity index (χ3v) is 4.42. The number of anilines is 1. The van der Waals surface area contributed by atoms with Gasteiger partial charge in [-0.25, -0.2) is 0 Å². The van der Waals surface area contributed by atoms with Gasteiger partial charge in [0.05, 0.1) is 4.92 Å². The molecule has 126 valence electrons. The molecule has 3 rings (SSSR count). The Labute approximate surface area is 137 Å². The van der Waals surface area contributed by atoms with Crippen LogP contribution in [0.5, 0.6) is 5.75 Å². The van der Waals surface area contributed by atoms with Crippen molar-refractivity contribution in [2.24, 2.45) is 11.8 Å². The molecule has 1 aliphatic heterocycles. The van der Waals surface area contributed by atoms with Gasteiger partial charge in [-0.2, -0.15) is 4.57 Å². The first-order valence-corrected chi connectivity index (χ1v) is 7.75. The van der Waals surface area contributed by atoms with Crippen LogP contribution < -0.4 is 25.4 Å². The second-order valence-corrected chi connectivity index (χ2v) is 6.57. The van der Waals surface area contributed by atoms with Gasteiger partial charge < -0.3 is 10.0 Å². The standard InChI is InChI=1S/C16H17N3O5/c1-9-5-10(2)7-18(6-9)11-3-4-17(8-12(11)19(23)24)13-14(20)16(22)15(13)21/h3-4,8-10H,5-7H2,1-2H3. The molecule has 0 N–H and O–H groups in total. The van der Waals surface area contributed by atoms with Crippen LogP contribution in [0.4, 0.5) is 11.4 Å². The summed E-state index contributed by atoms with van der Waals surface area (Å²) in [6.07, 6.45) is 3.63. The number of rotatable bonds is 3. The number of pyridine rings is 1. The summed E-state index contributed by atoms with van der Waals surface area (Å²) < 4.78 is 1.07. The Hall–Kier alpha value is -2.77. The van der Waals surface area contributed by atoms with E-state index in [1.165, 1.54) is 12.3 Å². The predicted molar refractivity (Wildman–Crippen MR) is 84.1 cm³/mol. The maximum Gasteiger partial charge on any atom is 0.355 e. The molecule has 1 fully saturated rings. The lowest BCUT2D eigenvalue weighted by atomic mass is 9.91. The summed E-state index contributed by atoms with van der Waals surface area (Å²) in [6.45, 7) is 5.62. The van der Waals surface area contributed by atoms with Crippen molar-refractivity contribution in [1.82, 2.24) is 0 Å². The first kappa shape index (κ1) is 16.1. The van der Waals surface area contributed by atoms with Crippen molar-refractivity contribution in [3.8, 4) is 11.4 Å². The number of aromatic nitrogens is 1. The van der Waals surface area contributed by atoms with E-state index in [0.29, 0.717) is 30.6 Å². The van der Waals surface area contributed by atoms with E-state index in [2.05, 4.69) is 13.8 Å². The van der Waals surface area contributed by atoms with Crippen LogP contribution in [0.15, 0.2) is 28.0 Å². The molecule has 0 amide bonds. The summed E-state index contributed by atoms with van der Waals surface area (Å²) in [5.41, 5.74) is -2.06. The molecule has 0 aliphatic carbocycles. The average molecular weight is 331 g/mol. The quantitative estimate of drug-likeness (QED) is 0.340. The molecule has 1 aromatic heterocycles. The minimum atomic E-state index is -1.08. The summed E-state index contributed by atoms with van der Waals surface area (Å²) >= 11 is 0. The minimum Gasteiger partial charge on any atom is -0.865 e. The SMILES string of the molecule is CC1CC(C)CN(c2cc[n+](-c3c([O-])c(=O)c3=O)cc2[N+](=O)[O-])C1. The number of piperidine rings is 1. The molecular formula is C16H17N3O5. The average Bonchev–Trinajstić information content (AvgIpc) is 2.53. The summed E-state index contributed by atoms with van der Waals surface area (Å²) in [6, 6.07) is 1.53. The fourth-order valence-electron chi connectivity index (χ4n) is 3.48. The van der Waals surface area contributed by atoms with Gasteiger partial charge in [-0.1, -0.05) is 13.8 Å². The van der Waals surface area contributed by atoms with E-state index in [9.17, 15) is 24.8 Å². The fraction of sp³-hybridized carbons (Fsp3) is 0.438. The highest BCUT2D eigenvalue weighted by Crippen LogP contribution is 2.32. The molecule has 0 bridgehead atoms. The fourth-order valence-corrected chi connectivity index (χ4v) is 3.48. The van der Waals surface area contributed by atoms with E-state index in [-0.39, 0.29) is 11.4 Å². The minimum absolute atomic E-state index is 0.189. The Bertz CT molecular complexity index is 874. The first-order chi connectivity index (χ1) is 11.3. The van der Waals surface area contributed by atoms with Crippen LogP contribution in [0.25, 0.3) is 5.69 Å². The molecule has 2 atom stereocenters. The lowest BCUT2D eigenvalue weighted by Gasteiger charge is -2.35. The van der Waals surface area contributed by atoms with E-state index < -0.39 is 21.5 Å². The van der Waals surface area contributed by atoms with Gasteiger partial charge in [0.2, 0.25) is 5.43 Å². The zero-order valence-corrected chi connectivity index (χ0v) is 13.4. The molecular weight excluding hydrogens is 314 g/mol. The van der Waals surface area contributed by atoms with Gasteiger partial charge in [-0.3, -0.25) is 19.7 Å². The molecule has 8 heteroatoms. The van der Waals surface area contributed by atoms with Crippen LogP contribution in [0.3, 0.4) is 0 Å². The highest BCUT2D eigenvalue weighted by molar-refractivity contribution is 5.61. The van der Waals surface area contributed by atoms with Crippen molar-refractivity contribution >= 4 is 11.4 Å². The predicted octanol–water partition coefficient (Wildman–Crippen LogP) is 0.0234. The van der Waals surface area contributed by atoms with Crippen LogP contribution >= 0.6 is 0 Å². The van der Waals surface area contributed by atoms with Crippen LogP contribution in [-0.4, -0.2) is 18.0 Å². The zero-order valence-electron chi connectivity index (χ0n) is 13.4. The van der Waals surface area contributed by atoms with Gasteiger partial charge in [-0.05, 0) is 18.3 Å². The monoisotopic (exact) mass is 331 g/mol. The van der Waals surface area contributed by atoms with Gasteiger partial charge in [0.25, 0.3) is 17.3 Å². The summed E-state index contributed by atoms with van der Waals surface area (Å²) in [5.74, 6) is -0.0720. The molecule has 0 saturated carbocycles. The van der Waals surface area contributed by atoms with E-state index in [4.69, 9.17) is 0 Å². The molecule has 2 unspecified atom stereocenters. The molecule has 1 aromatic carbocycles. The maximum atomic E-state index is 11.5. The van der Waals surface area contributed by atoms with E-state index in [1.807, 2.05) is 4.90 Å². The summed E-state index contributed by atoms with van der Waals surface area (Å²) in [5, 5.41) is 23.0. The molecule has 0 spiro atoms. The van der Waals surface area contributed by atoms with Crippen molar-refractivity contribution in [1.29, 1.82) is 0 Å². The van der Waals surface area contributed by atoms with Gasteiger partial charge >= 0.3 is 5.69 Å². The third-order valence-electron chi connectivity index (χ3n) is 4.42. The van der Waals surface area contributed by atoms with Gasteiger partial charge in [0, 0.05) is 24.9 Å². The molecule has 8 nitrogen and oxygen atoms in total. The number of nitrogens with zero attached hydrogens (tertiary/aromatic N) is 3. The van der Waals surface area contributed by atoms with Crippen molar-refractivity contribution in [2.75, 3.05) is 18.0 Å². The van der Waals surface area contributed by atoms with Gasteiger partial charge in [-0.15, -0.1) is 0 Å². The maximum absolute atomic E-state index is 11.5. The summed E-state index contributed by atoms with van der Waals surface area (Å²) in [4.78, 5) is 35.5. The second-order valence-electron chi connectivity index (χ2n) is 6.57. The summed E-state index contributed by atoms with van der Waals surface area (Å²) in [7, 11) is 0. The van der Waals surface area contributed by atoms with Crippen LogP contribution in [0.1, 0.15) is 20.3 Å². The first-order valence-electron chi connectivity index (χ1n) is 7.75. The molecule has 2 heterocycles. The molecule has 2 aromatic rings. The molecule has 1 saturated heterocycles. The highest BCUT2D eigenvalue weighted by Gasteiger charge is 2.31. The zero-order chi connectivity index (χ0) is 17.6. The molecule has 0 radical (unpaired) electrons. The molecule has 24 heavy (non-hydrogen) atoms. The van der Waals surface area contributed by atoms with E-state index in [0.717, 1.165) is 17.2 Å². The Morgan fingerprint density at radius 1 is 1.21 bits per heavy atom. The number of nitro groups is 1. The Morgan fingerprint density at radius 3 is 2.38 bits per heavy atom. The Kier molecular flexibility index (Phi) is 3.82. The topological polar surface area (TPSA) is 107 Å².